The predicted molar refractivity (Wildman–Crippen MR) is 306 cm³/mol. The van der Waals surface area contributed by atoms with Crippen molar-refractivity contribution in [3.63, 3.8) is 0 Å². The van der Waals surface area contributed by atoms with Crippen LogP contribution in [-0.2, 0) is 66.7 Å². The van der Waals surface area contributed by atoms with Crippen molar-refractivity contribution in [2.75, 3.05) is 73.4 Å². The van der Waals surface area contributed by atoms with Gasteiger partial charge in [0.05, 0.1) is 28.9 Å². The van der Waals surface area contributed by atoms with Crippen LogP contribution in [0.1, 0.15) is 82.6 Å². The zero-order valence-corrected chi connectivity index (χ0v) is 48.2. The van der Waals surface area contributed by atoms with Gasteiger partial charge in [-0.15, -0.1) is 0 Å². The monoisotopic (exact) mass is 1190 g/mol. The number of nitrogens with zero attached hydrogens (tertiary/aromatic N) is 9. The number of hydrogen-bond acceptors (Lipinski definition) is 13. The van der Waals surface area contributed by atoms with E-state index in [1.807, 2.05) is 19.0 Å². The van der Waals surface area contributed by atoms with Crippen molar-refractivity contribution in [3.05, 3.63) is 159 Å². The Morgan fingerprint density at radius 3 is 1.55 bits per heavy atom. The summed E-state index contributed by atoms with van der Waals surface area (Å²) in [5.74, 6) is -1.50. The van der Waals surface area contributed by atoms with Crippen molar-refractivity contribution in [1.82, 2.24) is 68.9 Å². The van der Waals surface area contributed by atoms with Gasteiger partial charge in [0.1, 0.15) is 17.1 Å². The van der Waals surface area contributed by atoms with E-state index in [2.05, 4.69) is 67.8 Å². The minimum absolute atomic E-state index is 0. The molecule has 6 aromatic rings. The molecule has 2 aliphatic carbocycles. The number of carbonyl (C=O) groups is 9. The fraction of sp³-hybridized carbons (Fsp3) is 0.273. The zero-order valence-electron chi connectivity index (χ0n) is 47.1. The Morgan fingerprint density at radius 1 is 0.488 bits per heavy atom. The maximum absolute atomic E-state index is 13.0. The molecule has 10 radical (unpaired) electrons. The number of hydrogen-bond donors (Lipinski definition) is 10. The Balaban J connectivity index is 0.000000272. The van der Waals surface area contributed by atoms with Gasteiger partial charge in [0.2, 0.25) is 29.4 Å². The molecule has 0 bridgehead atoms. The van der Waals surface area contributed by atoms with Gasteiger partial charge in [0.25, 0.3) is 35.4 Å². The van der Waals surface area contributed by atoms with Gasteiger partial charge in [0.15, 0.2) is 17.5 Å². The molecule has 9 amide bonds. The molecule has 2 aliphatic rings. The third kappa shape index (κ3) is 18.1. The van der Waals surface area contributed by atoms with Crippen molar-refractivity contribution in [2.45, 2.75) is 19.3 Å². The summed E-state index contributed by atoms with van der Waals surface area (Å²) >= 11 is 0. The average Bonchev–Trinajstić information content (AvgIpc) is 4.07. The smallest absolute Gasteiger partial charge is 0.356 e. The largest absolute Gasteiger partial charge is 2.00 e. The second-order valence-electron chi connectivity index (χ2n) is 19.2. The van der Waals surface area contributed by atoms with Gasteiger partial charge in [-0.2, -0.15) is 0 Å². The number of imidazole rings is 3. The fourth-order valence-electron chi connectivity index (χ4n) is 8.14. The Kier molecular flexibility index (Phi) is 23.3. The molecule has 10 N–H and O–H groups in total. The summed E-state index contributed by atoms with van der Waals surface area (Å²) in [4.78, 5) is 130. The first kappa shape index (κ1) is 64.3. The van der Waals surface area contributed by atoms with Gasteiger partial charge in [-0.1, -0.05) is 0 Å². The molecular weight excluding hydrogens is 1130 g/mol. The van der Waals surface area contributed by atoms with E-state index in [-0.39, 0.29) is 94.2 Å². The molecule has 0 atom stereocenters. The molecule has 8 rings (SSSR count). The first-order chi connectivity index (χ1) is 39.7. The molecule has 28 nitrogen and oxygen atoms in total. The van der Waals surface area contributed by atoms with E-state index in [9.17, 15) is 43.2 Å². The number of carbonyl (C=O) groups excluding carboxylic acids is 9. The van der Waals surface area contributed by atoms with Crippen molar-refractivity contribution in [2.24, 2.45) is 35.2 Å². The summed E-state index contributed by atoms with van der Waals surface area (Å²) in [6.07, 6.45) is 26.2. The second kappa shape index (κ2) is 30.5. The molecule has 440 valence electrons. The maximum Gasteiger partial charge on any atom is 2.00 e. The summed E-state index contributed by atoms with van der Waals surface area (Å²) in [5, 5.41) is 24.5. The average molecular weight is 1190 g/mol. The molecule has 0 aliphatic heterocycles. The minimum Gasteiger partial charge on any atom is -0.356 e. The van der Waals surface area contributed by atoms with Crippen LogP contribution in [0.15, 0.2) is 61.6 Å². The van der Waals surface area contributed by atoms with Crippen LogP contribution in [0.25, 0.3) is 0 Å². The van der Waals surface area contributed by atoms with E-state index in [4.69, 9.17) is 0 Å². The van der Waals surface area contributed by atoms with Crippen molar-refractivity contribution in [1.29, 1.82) is 0 Å². The Bertz CT molecular complexity index is 3300. The van der Waals surface area contributed by atoms with E-state index in [1.54, 1.807) is 125 Å². The van der Waals surface area contributed by atoms with Crippen LogP contribution in [0.2, 0.25) is 0 Å². The van der Waals surface area contributed by atoms with E-state index in [1.165, 1.54) is 46.1 Å². The van der Waals surface area contributed by atoms with Crippen LogP contribution >= 0.6 is 0 Å². The number of nitrogens with one attached hydrogen (secondary N) is 10. The van der Waals surface area contributed by atoms with E-state index >= 15 is 0 Å². The second-order valence-corrected chi connectivity index (χ2v) is 19.2. The van der Waals surface area contributed by atoms with Crippen LogP contribution in [0.4, 0.5) is 28.7 Å². The minimum atomic E-state index is -0.527. The van der Waals surface area contributed by atoms with E-state index < -0.39 is 29.5 Å². The number of aromatic nitrogens is 9. The summed E-state index contributed by atoms with van der Waals surface area (Å²) in [7, 11) is 12.3. The van der Waals surface area contributed by atoms with Crippen molar-refractivity contribution < 1.29 is 60.2 Å². The molecule has 0 aromatic carbocycles. The third-order valence-corrected chi connectivity index (χ3v) is 12.3. The molecular formula is C55H65FeN19O9+2. The van der Waals surface area contributed by atoms with Crippen LogP contribution in [0.5, 0.6) is 0 Å². The third-order valence-electron chi connectivity index (χ3n) is 12.3. The predicted octanol–water partition coefficient (Wildman–Crippen LogP) is 1.76. The van der Waals surface area contributed by atoms with Gasteiger partial charge < -0.3 is 80.6 Å². The quantitative estimate of drug-likeness (QED) is 0.0306. The van der Waals surface area contributed by atoms with E-state index in [0.717, 1.165) is 13.0 Å². The number of aryl methyl sites for hydroxylation is 5. The van der Waals surface area contributed by atoms with Gasteiger partial charge in [-0.05, 0) is 103 Å². The first-order valence-corrected chi connectivity index (χ1v) is 26.0. The topological polar surface area (TPSA) is 344 Å². The van der Waals surface area contributed by atoms with Crippen molar-refractivity contribution >= 4 is 81.9 Å². The molecule has 2 saturated carbocycles. The zero-order chi connectivity index (χ0) is 59.7. The molecule has 0 unspecified atom stereocenters. The molecule has 0 saturated heterocycles. The Hall–Kier alpha value is -8.82. The van der Waals surface area contributed by atoms with Crippen LogP contribution in [0, 0.1) is 63.2 Å². The van der Waals surface area contributed by atoms with Crippen LogP contribution in [0.3, 0.4) is 0 Å². The summed E-state index contributed by atoms with van der Waals surface area (Å²) < 4.78 is 7.72. The Labute approximate surface area is 496 Å². The number of anilines is 5. The van der Waals surface area contributed by atoms with Crippen LogP contribution in [-0.4, -0.2) is 148 Å². The summed E-state index contributed by atoms with van der Waals surface area (Å²) in [6, 6.07) is 4.57. The fourth-order valence-corrected chi connectivity index (χ4v) is 8.14. The number of amides is 9. The van der Waals surface area contributed by atoms with Gasteiger partial charge >= 0.3 is 17.1 Å². The Morgan fingerprint density at radius 2 is 0.976 bits per heavy atom. The molecule has 6 heterocycles. The van der Waals surface area contributed by atoms with Gasteiger partial charge in [-0.25, -0.2) is 15.0 Å². The van der Waals surface area contributed by atoms with E-state index in [0.29, 0.717) is 60.6 Å². The van der Waals surface area contributed by atoms with Crippen LogP contribution < -0.4 is 47.9 Å². The SMILES string of the molecule is CN(C)CCCNC(=O)c1cc(NC(=O)c2nc(NC(=O)c3cc(NC(=O)CCNC(=O)[C]4[CH][CH][CH][CH]4)cn3C)cn2C)cn1C.Cn1cc(NC(=O)c2cc(NC(=O)c3nccn3C)c[nH]2)nc1C(=O)NCCCNC(=O)[C]1[CH][CH][CH][CH]1.[Fe+2]. The standard InChI is InChI=1S/C31H39N10O5.C24H26N9O4.Fe/c1-38(2)14-8-12-32-29(44)23-16-22(18-39(23)3)35-31(46)27-36-25(19-41(27)5)37-30(45)24-15-21(17-40(24)4)34-26(42)11-13-33-28(43)20-9-6-7-10-20;1-32-11-10-25-19(32)24(37)29-16-12-17(28-13-16)22(35)31-18-14-33(2)20(30-18)23(36)27-9-5-8-26-21(34)15-6-3-4-7-15;/h6-7,9-10,15-19H,8,11-14H2,1-5H3,(H,32,44)(H,33,43)(H,34,42)(H,35,46)(H,37,45);3-4,6-7,10-14,28H,5,8-9H2,1-2H3,(H,26,34)(H,27,36)(H,29,37)(H,31,35);/q;;+2. The van der Waals surface area contributed by atoms with Gasteiger partial charge in [-0.3, -0.25) is 43.2 Å². The van der Waals surface area contributed by atoms with Gasteiger partial charge in [0, 0.05) is 111 Å². The summed E-state index contributed by atoms with van der Waals surface area (Å²) in [5.41, 5.74) is 2.05. The maximum atomic E-state index is 13.0. The summed E-state index contributed by atoms with van der Waals surface area (Å²) in [6.45, 7) is 2.28. The molecule has 2 fully saturated rings. The molecule has 29 heteroatoms. The normalized spacial score (nSPS) is 13.0. The molecule has 6 aromatic heterocycles. The number of rotatable bonds is 24. The first-order valence-electron chi connectivity index (χ1n) is 26.0. The molecule has 84 heavy (non-hydrogen) atoms. The number of H-pyrrole nitrogens is 1. The van der Waals surface area contributed by atoms with Crippen molar-refractivity contribution in [3.8, 4) is 0 Å². The molecule has 0 spiro atoms. The number of aromatic amines is 1.